The Balaban J connectivity index is 1.74. The molecular formula is C18H13N5O2S. The maximum Gasteiger partial charge on any atom is 0.307 e. The van der Waals surface area contributed by atoms with Crippen molar-refractivity contribution in [1.82, 2.24) is 9.97 Å². The van der Waals surface area contributed by atoms with Gasteiger partial charge in [0.25, 0.3) is 0 Å². The summed E-state index contributed by atoms with van der Waals surface area (Å²) in [7, 11) is 0. The highest BCUT2D eigenvalue weighted by Crippen LogP contribution is 2.15. The Kier molecular flexibility index (Phi) is 4.24. The van der Waals surface area contributed by atoms with E-state index in [-0.39, 0.29) is 10.8 Å². The molecule has 3 heterocycles. The van der Waals surface area contributed by atoms with Crippen LogP contribution in [-0.4, -0.2) is 27.2 Å². The first-order valence-corrected chi connectivity index (χ1v) is 8.60. The second-order valence-electron chi connectivity index (χ2n) is 5.48. The van der Waals surface area contributed by atoms with E-state index in [0.717, 1.165) is 33.2 Å². The van der Waals surface area contributed by atoms with Crippen LogP contribution >= 0.6 is 11.3 Å². The third-order valence-electron chi connectivity index (χ3n) is 3.71. The molecule has 8 heteroatoms. The summed E-state index contributed by atoms with van der Waals surface area (Å²) in [6.45, 7) is 0.418. The van der Waals surface area contributed by atoms with Gasteiger partial charge in [-0.1, -0.05) is 23.5 Å². The second kappa shape index (κ2) is 6.85. The third-order valence-corrected chi connectivity index (χ3v) is 4.53. The number of aromatic amines is 1. The van der Waals surface area contributed by atoms with Gasteiger partial charge in [0.1, 0.15) is 6.34 Å². The zero-order valence-corrected chi connectivity index (χ0v) is 14.3. The van der Waals surface area contributed by atoms with Crippen LogP contribution in [0.2, 0.25) is 0 Å². The number of benzene rings is 1. The van der Waals surface area contributed by atoms with Crippen LogP contribution in [0.5, 0.6) is 5.88 Å². The summed E-state index contributed by atoms with van der Waals surface area (Å²) in [6, 6.07) is 11.3. The molecule has 0 radical (unpaired) electrons. The summed E-state index contributed by atoms with van der Waals surface area (Å²) >= 11 is 0.947. The van der Waals surface area contributed by atoms with Gasteiger partial charge in [-0.25, -0.2) is 9.98 Å². The van der Waals surface area contributed by atoms with E-state index >= 15 is 0 Å². The number of fused-ring (bicyclic) bond motifs is 1. The van der Waals surface area contributed by atoms with Gasteiger partial charge >= 0.3 is 4.87 Å². The molecule has 2 N–H and O–H groups in total. The molecule has 1 aliphatic rings. The lowest BCUT2D eigenvalue weighted by molar-refractivity contribution is 0.455. The second-order valence-corrected chi connectivity index (χ2v) is 6.50. The number of nitrogens with zero attached hydrogens (tertiary/aromatic N) is 4. The summed E-state index contributed by atoms with van der Waals surface area (Å²) in [5, 5.41) is 11.3. The Morgan fingerprint density at radius 1 is 1.27 bits per heavy atom. The SMILES string of the molecule is O=c1[nH]c(O)c(C=c2ccc3c(c2)C(=NCc2ccccn2)N=CN=3)s1. The highest BCUT2D eigenvalue weighted by Gasteiger charge is 2.09. The van der Waals surface area contributed by atoms with Crippen molar-refractivity contribution in [2.24, 2.45) is 15.0 Å². The molecular weight excluding hydrogens is 350 g/mol. The minimum Gasteiger partial charge on any atom is -0.493 e. The number of rotatable bonds is 3. The van der Waals surface area contributed by atoms with Crippen LogP contribution < -0.4 is 15.4 Å². The topological polar surface area (TPSA) is 103 Å². The Labute approximate surface area is 151 Å². The number of pyridine rings is 1. The normalized spacial score (nSPS) is 15.1. The summed E-state index contributed by atoms with van der Waals surface area (Å²) in [5.74, 6) is 0.437. The molecule has 0 fully saturated rings. The van der Waals surface area contributed by atoms with Gasteiger partial charge in [0.15, 0.2) is 5.84 Å². The fourth-order valence-electron chi connectivity index (χ4n) is 2.51. The summed E-state index contributed by atoms with van der Waals surface area (Å²) < 4.78 is 0. The molecule has 1 aromatic carbocycles. The first-order valence-electron chi connectivity index (χ1n) is 7.78. The summed E-state index contributed by atoms with van der Waals surface area (Å²) in [4.78, 5) is 31.2. The van der Waals surface area contributed by atoms with Crippen LogP contribution in [-0.2, 0) is 6.54 Å². The number of thiazole rings is 1. The van der Waals surface area contributed by atoms with Crippen LogP contribution in [0, 0.1) is 0 Å². The molecule has 4 rings (SSSR count). The third kappa shape index (κ3) is 3.35. The fraction of sp³-hybridized carbons (Fsp3) is 0.0556. The van der Waals surface area contributed by atoms with Crippen molar-refractivity contribution in [2.75, 3.05) is 0 Å². The molecule has 0 spiro atoms. The van der Waals surface area contributed by atoms with Gasteiger partial charge < -0.3 is 5.11 Å². The molecule has 26 heavy (non-hydrogen) atoms. The lowest BCUT2D eigenvalue weighted by Crippen LogP contribution is -2.22. The highest BCUT2D eigenvalue weighted by molar-refractivity contribution is 7.10. The van der Waals surface area contributed by atoms with Crippen LogP contribution in [0.4, 0.5) is 0 Å². The van der Waals surface area contributed by atoms with E-state index in [2.05, 4.69) is 24.9 Å². The molecule has 128 valence electrons. The van der Waals surface area contributed by atoms with Crippen molar-refractivity contribution in [3.8, 4) is 5.88 Å². The van der Waals surface area contributed by atoms with E-state index in [1.807, 2.05) is 36.4 Å². The molecule has 0 atom stereocenters. The number of aromatic hydroxyl groups is 1. The average Bonchev–Trinajstić information content (AvgIpc) is 2.98. The van der Waals surface area contributed by atoms with Crippen molar-refractivity contribution >= 4 is 29.6 Å². The first-order chi connectivity index (χ1) is 12.7. The quantitative estimate of drug-likeness (QED) is 0.725. The molecule has 0 bridgehead atoms. The fourth-order valence-corrected chi connectivity index (χ4v) is 3.20. The summed E-state index contributed by atoms with van der Waals surface area (Å²) in [5.41, 5.74) is 1.64. The van der Waals surface area contributed by atoms with Gasteiger partial charge in [0.2, 0.25) is 5.88 Å². The maximum absolute atomic E-state index is 11.3. The first kappa shape index (κ1) is 16.1. The monoisotopic (exact) mass is 363 g/mol. The summed E-state index contributed by atoms with van der Waals surface area (Å²) in [6.07, 6.45) is 4.93. The number of aromatic nitrogens is 2. The van der Waals surface area contributed by atoms with E-state index in [4.69, 9.17) is 0 Å². The molecule has 2 aromatic heterocycles. The van der Waals surface area contributed by atoms with Crippen LogP contribution in [0.3, 0.4) is 0 Å². The number of nitrogens with one attached hydrogen (secondary N) is 1. The van der Waals surface area contributed by atoms with Crippen molar-refractivity contribution in [3.63, 3.8) is 0 Å². The zero-order valence-electron chi connectivity index (χ0n) is 13.5. The number of H-pyrrole nitrogens is 1. The van der Waals surface area contributed by atoms with Crippen molar-refractivity contribution in [2.45, 2.75) is 6.54 Å². The van der Waals surface area contributed by atoms with Crippen LogP contribution in [0.25, 0.3) is 6.08 Å². The maximum atomic E-state index is 11.3. The standard InChI is InChI=1S/C18H13N5O2S/c24-17-15(26-18(25)23-17)8-11-4-5-14-13(7-11)16(22-10-21-14)20-9-12-3-1-2-6-19-12/h1-8,10,24H,9H2,(H,23,25). The van der Waals surface area contributed by atoms with Gasteiger partial charge in [-0.3, -0.25) is 19.8 Å². The molecule has 0 saturated carbocycles. The van der Waals surface area contributed by atoms with E-state index < -0.39 is 0 Å². The minimum atomic E-state index is -0.302. The Bertz CT molecular complexity index is 1190. The van der Waals surface area contributed by atoms with Gasteiger partial charge in [-0.2, -0.15) is 0 Å². The predicted octanol–water partition coefficient (Wildman–Crippen LogP) is 0.974. The predicted molar refractivity (Wildman–Crippen MR) is 100 cm³/mol. The van der Waals surface area contributed by atoms with Crippen molar-refractivity contribution in [1.29, 1.82) is 0 Å². The molecule has 0 amide bonds. The van der Waals surface area contributed by atoms with Gasteiger partial charge in [0, 0.05) is 11.8 Å². The number of aliphatic imine (C=N–C) groups is 2. The number of hydrogen-bond acceptors (Lipinski definition) is 6. The molecule has 7 nitrogen and oxygen atoms in total. The molecule has 0 aliphatic carbocycles. The van der Waals surface area contributed by atoms with Crippen molar-refractivity contribution in [3.05, 3.63) is 79.0 Å². The lowest BCUT2D eigenvalue weighted by Gasteiger charge is -2.06. The largest absolute Gasteiger partial charge is 0.493 e. The number of hydrogen-bond donors (Lipinski definition) is 2. The average molecular weight is 363 g/mol. The molecule has 3 aromatic rings. The van der Waals surface area contributed by atoms with Gasteiger partial charge in [-0.15, -0.1) is 0 Å². The van der Waals surface area contributed by atoms with Crippen LogP contribution in [0.15, 0.2) is 62.4 Å². The van der Waals surface area contributed by atoms with E-state index in [1.54, 1.807) is 12.3 Å². The molecule has 0 unspecified atom stereocenters. The van der Waals surface area contributed by atoms with E-state index in [0.29, 0.717) is 17.3 Å². The van der Waals surface area contributed by atoms with Gasteiger partial charge in [-0.05, 0) is 35.6 Å². The van der Waals surface area contributed by atoms with Crippen molar-refractivity contribution < 1.29 is 5.11 Å². The van der Waals surface area contributed by atoms with E-state index in [9.17, 15) is 9.90 Å². The van der Waals surface area contributed by atoms with Crippen LogP contribution in [0.1, 0.15) is 16.1 Å². The number of amidine groups is 1. The lowest BCUT2D eigenvalue weighted by atomic mass is 10.1. The Hall–Kier alpha value is -3.39. The molecule has 1 aliphatic heterocycles. The Morgan fingerprint density at radius 2 is 2.19 bits per heavy atom. The van der Waals surface area contributed by atoms with Gasteiger partial charge in [0.05, 0.1) is 22.5 Å². The molecule has 0 saturated heterocycles. The van der Waals surface area contributed by atoms with E-state index in [1.165, 1.54) is 6.34 Å². The zero-order chi connectivity index (χ0) is 17.9. The smallest absolute Gasteiger partial charge is 0.307 e. The Morgan fingerprint density at radius 3 is 2.96 bits per heavy atom. The minimum absolute atomic E-state index is 0.135. The highest BCUT2D eigenvalue weighted by atomic mass is 32.1.